The first-order chi connectivity index (χ1) is 8.11. The number of aliphatic carboxylic acids is 1. The molecule has 0 bridgehead atoms. The highest BCUT2D eigenvalue weighted by Crippen LogP contribution is 2.12. The third kappa shape index (κ3) is 4.47. The van der Waals surface area contributed by atoms with Crippen molar-refractivity contribution in [1.82, 2.24) is 10.3 Å². The Kier molecular flexibility index (Phi) is 4.89. The van der Waals surface area contributed by atoms with Gasteiger partial charge in [0.25, 0.3) is 5.91 Å². The van der Waals surface area contributed by atoms with Gasteiger partial charge in [-0.25, -0.2) is 4.79 Å². The van der Waals surface area contributed by atoms with E-state index in [2.05, 4.69) is 10.3 Å². The van der Waals surface area contributed by atoms with Gasteiger partial charge in [0.05, 0.1) is 18.4 Å². The molecule has 0 aliphatic carbocycles. The van der Waals surface area contributed by atoms with Crippen LogP contribution >= 0.6 is 0 Å². The number of hydrogen-bond donors (Lipinski definition) is 3. The Morgan fingerprint density at radius 2 is 2.24 bits per heavy atom. The summed E-state index contributed by atoms with van der Waals surface area (Å²) in [5.41, 5.74) is 0.109. The number of ether oxygens (including phenoxy) is 1. The average molecular weight is 240 g/mol. The fourth-order valence-electron chi connectivity index (χ4n) is 1.07. The van der Waals surface area contributed by atoms with Gasteiger partial charge in [0, 0.05) is 12.7 Å². The molecular formula is C10H12N2O5. The molecular weight excluding hydrogens is 228 g/mol. The SMILES string of the molecule is O=C(O)COCCNC(=O)c1ccncc1O. The van der Waals surface area contributed by atoms with Crippen LogP contribution in [0.2, 0.25) is 0 Å². The molecule has 0 aromatic carbocycles. The Morgan fingerprint density at radius 3 is 2.88 bits per heavy atom. The van der Waals surface area contributed by atoms with Crippen LogP contribution in [0.4, 0.5) is 0 Å². The maximum atomic E-state index is 11.5. The van der Waals surface area contributed by atoms with Crippen molar-refractivity contribution < 1.29 is 24.5 Å². The van der Waals surface area contributed by atoms with Gasteiger partial charge in [-0.2, -0.15) is 0 Å². The van der Waals surface area contributed by atoms with Gasteiger partial charge in [-0.1, -0.05) is 0 Å². The van der Waals surface area contributed by atoms with E-state index in [0.717, 1.165) is 6.20 Å². The van der Waals surface area contributed by atoms with Crippen LogP contribution in [-0.4, -0.2) is 46.8 Å². The highest BCUT2D eigenvalue weighted by molar-refractivity contribution is 5.96. The lowest BCUT2D eigenvalue weighted by atomic mass is 10.2. The van der Waals surface area contributed by atoms with Gasteiger partial charge in [-0.15, -0.1) is 0 Å². The van der Waals surface area contributed by atoms with Crippen LogP contribution in [0, 0.1) is 0 Å². The molecule has 1 aromatic heterocycles. The highest BCUT2D eigenvalue weighted by atomic mass is 16.5. The van der Waals surface area contributed by atoms with Crippen molar-refractivity contribution in [1.29, 1.82) is 0 Å². The van der Waals surface area contributed by atoms with Crippen LogP contribution in [-0.2, 0) is 9.53 Å². The van der Waals surface area contributed by atoms with Gasteiger partial charge in [-0.3, -0.25) is 9.78 Å². The predicted octanol–water partition coefficient (Wildman–Crippen LogP) is -0.382. The number of hydrogen-bond acceptors (Lipinski definition) is 5. The van der Waals surface area contributed by atoms with E-state index in [0.29, 0.717) is 0 Å². The summed E-state index contributed by atoms with van der Waals surface area (Å²) in [4.78, 5) is 25.2. The topological polar surface area (TPSA) is 109 Å². The van der Waals surface area contributed by atoms with Gasteiger partial charge >= 0.3 is 5.97 Å². The molecule has 1 heterocycles. The summed E-state index contributed by atoms with van der Waals surface area (Å²) in [7, 11) is 0. The predicted molar refractivity (Wildman–Crippen MR) is 56.7 cm³/mol. The summed E-state index contributed by atoms with van der Waals surface area (Å²) in [6.07, 6.45) is 2.55. The zero-order valence-electron chi connectivity index (χ0n) is 8.92. The number of aromatic hydroxyl groups is 1. The number of nitrogens with one attached hydrogen (secondary N) is 1. The van der Waals surface area contributed by atoms with Gasteiger partial charge in [0.15, 0.2) is 0 Å². The molecule has 1 rings (SSSR count). The van der Waals surface area contributed by atoms with E-state index in [-0.39, 0.29) is 24.5 Å². The molecule has 0 saturated heterocycles. The molecule has 7 heteroatoms. The van der Waals surface area contributed by atoms with Crippen LogP contribution in [0.5, 0.6) is 5.75 Å². The van der Waals surface area contributed by atoms with Crippen LogP contribution in [0.1, 0.15) is 10.4 Å². The van der Waals surface area contributed by atoms with Gasteiger partial charge in [0.1, 0.15) is 12.4 Å². The highest BCUT2D eigenvalue weighted by Gasteiger charge is 2.09. The number of carboxylic acids is 1. The zero-order valence-corrected chi connectivity index (χ0v) is 8.92. The number of aromatic nitrogens is 1. The summed E-state index contributed by atoms with van der Waals surface area (Å²) in [6.45, 7) is -0.159. The minimum atomic E-state index is -1.07. The Labute approximate surface area is 97.1 Å². The lowest BCUT2D eigenvalue weighted by Crippen LogP contribution is -2.28. The van der Waals surface area contributed by atoms with Crippen molar-refractivity contribution >= 4 is 11.9 Å². The van der Waals surface area contributed by atoms with Crippen molar-refractivity contribution in [2.45, 2.75) is 0 Å². The number of carbonyl (C=O) groups excluding carboxylic acids is 1. The Balaban J connectivity index is 2.31. The third-order valence-electron chi connectivity index (χ3n) is 1.80. The molecule has 92 valence electrons. The number of rotatable bonds is 6. The summed E-state index contributed by atoms with van der Waals surface area (Å²) < 4.78 is 4.72. The van der Waals surface area contributed by atoms with Gasteiger partial charge in [-0.05, 0) is 6.07 Å². The minimum absolute atomic E-state index is 0.0872. The van der Waals surface area contributed by atoms with E-state index in [1.54, 1.807) is 0 Å². The molecule has 3 N–H and O–H groups in total. The van der Waals surface area contributed by atoms with E-state index in [9.17, 15) is 14.7 Å². The maximum absolute atomic E-state index is 11.5. The Bertz CT molecular complexity index is 407. The van der Waals surface area contributed by atoms with Crippen LogP contribution in [0.3, 0.4) is 0 Å². The molecule has 0 aliphatic heterocycles. The molecule has 0 aliphatic rings. The summed E-state index contributed by atoms with van der Waals surface area (Å²) in [5, 5.41) is 20.1. The van der Waals surface area contributed by atoms with E-state index in [1.165, 1.54) is 12.3 Å². The number of carbonyl (C=O) groups is 2. The first-order valence-electron chi connectivity index (χ1n) is 4.82. The molecule has 17 heavy (non-hydrogen) atoms. The fraction of sp³-hybridized carbons (Fsp3) is 0.300. The van der Waals surface area contributed by atoms with Gasteiger partial charge in [0.2, 0.25) is 0 Å². The number of pyridine rings is 1. The van der Waals surface area contributed by atoms with Crippen molar-refractivity contribution in [2.24, 2.45) is 0 Å². The number of nitrogens with zero attached hydrogens (tertiary/aromatic N) is 1. The Hall–Kier alpha value is -2.15. The van der Waals surface area contributed by atoms with Crippen LogP contribution in [0.15, 0.2) is 18.5 Å². The van der Waals surface area contributed by atoms with E-state index in [4.69, 9.17) is 9.84 Å². The molecule has 7 nitrogen and oxygen atoms in total. The van der Waals surface area contributed by atoms with Crippen LogP contribution < -0.4 is 5.32 Å². The molecule has 1 amide bonds. The summed E-state index contributed by atoms with van der Waals surface area (Å²) in [6, 6.07) is 1.38. The van der Waals surface area contributed by atoms with Crippen LogP contribution in [0.25, 0.3) is 0 Å². The maximum Gasteiger partial charge on any atom is 0.329 e. The quantitative estimate of drug-likeness (QED) is 0.585. The molecule has 0 radical (unpaired) electrons. The second-order valence-corrected chi connectivity index (χ2v) is 3.10. The lowest BCUT2D eigenvalue weighted by molar-refractivity contribution is -0.142. The van der Waals surface area contributed by atoms with E-state index >= 15 is 0 Å². The normalized spacial score (nSPS) is 9.88. The van der Waals surface area contributed by atoms with E-state index < -0.39 is 18.5 Å². The standard InChI is InChI=1S/C10H12N2O5/c13-8-5-11-2-1-7(8)10(16)12-3-4-17-6-9(14)15/h1-2,5,13H,3-4,6H2,(H,12,16)(H,14,15). The molecule has 1 aromatic rings. The zero-order chi connectivity index (χ0) is 12.7. The molecule has 0 saturated carbocycles. The van der Waals surface area contributed by atoms with Crippen molar-refractivity contribution in [2.75, 3.05) is 19.8 Å². The molecule has 0 unspecified atom stereocenters. The summed E-state index contributed by atoms with van der Waals surface area (Å²) >= 11 is 0. The summed E-state index contributed by atoms with van der Waals surface area (Å²) in [5.74, 6) is -1.75. The largest absolute Gasteiger partial charge is 0.505 e. The smallest absolute Gasteiger partial charge is 0.329 e. The third-order valence-corrected chi connectivity index (χ3v) is 1.80. The number of amides is 1. The average Bonchev–Trinajstić information content (AvgIpc) is 2.28. The second-order valence-electron chi connectivity index (χ2n) is 3.10. The van der Waals surface area contributed by atoms with Crippen molar-refractivity contribution in [3.63, 3.8) is 0 Å². The lowest BCUT2D eigenvalue weighted by Gasteiger charge is -2.06. The fourth-order valence-corrected chi connectivity index (χ4v) is 1.07. The number of carboxylic acid groups (broad SMARTS) is 1. The molecule has 0 fully saturated rings. The van der Waals surface area contributed by atoms with Crippen molar-refractivity contribution in [3.05, 3.63) is 24.0 Å². The second kappa shape index (κ2) is 6.44. The van der Waals surface area contributed by atoms with Gasteiger partial charge < -0.3 is 20.3 Å². The first kappa shape index (κ1) is 12.9. The molecule has 0 atom stereocenters. The first-order valence-corrected chi connectivity index (χ1v) is 4.82. The Morgan fingerprint density at radius 1 is 1.47 bits per heavy atom. The van der Waals surface area contributed by atoms with E-state index in [1.807, 2.05) is 0 Å². The minimum Gasteiger partial charge on any atom is -0.505 e. The monoisotopic (exact) mass is 240 g/mol. The van der Waals surface area contributed by atoms with Crippen molar-refractivity contribution in [3.8, 4) is 5.75 Å². The molecule has 0 spiro atoms.